The van der Waals surface area contributed by atoms with Crippen LogP contribution in [-0.2, 0) is 0 Å². The Morgan fingerprint density at radius 2 is 1.89 bits per heavy atom. The molecule has 0 aliphatic carbocycles. The molecular weight excluding hydrogens is 524 g/mol. The largest absolute Gasteiger partial charge is 0.483 e. The smallest absolute Gasteiger partial charge is 0.158 e. The maximum Gasteiger partial charge on any atom is 0.158 e. The lowest BCUT2D eigenvalue weighted by Crippen LogP contribution is -2.56. The minimum atomic E-state index is -0.728. The summed E-state index contributed by atoms with van der Waals surface area (Å²) in [5.74, 6) is 2.73. The number of fused-ring (bicyclic) bond motifs is 1. The van der Waals surface area contributed by atoms with E-state index >= 15 is 0 Å². The van der Waals surface area contributed by atoms with Crippen LogP contribution in [0, 0.1) is 5.92 Å². The third-order valence-electron chi connectivity index (χ3n) is 7.88. The topological polar surface area (TPSA) is 140 Å². The van der Waals surface area contributed by atoms with Crippen molar-refractivity contribution in [2.75, 3.05) is 41.7 Å². The van der Waals surface area contributed by atoms with Crippen LogP contribution in [-0.4, -0.2) is 62.4 Å². The van der Waals surface area contributed by atoms with Crippen LogP contribution in [0.1, 0.15) is 38.4 Å². The summed E-state index contributed by atoms with van der Waals surface area (Å²) >= 11 is 8.10. The van der Waals surface area contributed by atoms with Crippen LogP contribution in [0.3, 0.4) is 0 Å². The second-order valence-electron chi connectivity index (χ2n) is 10.7. The third kappa shape index (κ3) is 4.41. The van der Waals surface area contributed by atoms with Gasteiger partial charge < -0.3 is 31.1 Å². The van der Waals surface area contributed by atoms with E-state index in [-0.39, 0.29) is 12.0 Å². The first-order valence-corrected chi connectivity index (χ1v) is 13.9. The van der Waals surface area contributed by atoms with Gasteiger partial charge in [-0.1, -0.05) is 23.4 Å². The van der Waals surface area contributed by atoms with E-state index in [2.05, 4.69) is 29.7 Å². The molecule has 3 aliphatic rings. The van der Waals surface area contributed by atoms with Crippen LogP contribution < -0.4 is 26.0 Å². The number of piperidine rings is 1. The van der Waals surface area contributed by atoms with E-state index < -0.39 is 11.2 Å². The Bertz CT molecular complexity index is 1360. The van der Waals surface area contributed by atoms with Gasteiger partial charge in [-0.25, -0.2) is 15.0 Å². The summed E-state index contributed by atoms with van der Waals surface area (Å²) in [5.41, 5.74) is 12.6. The number of anilines is 3. The summed E-state index contributed by atoms with van der Waals surface area (Å²) in [6.45, 7) is 6.52. The van der Waals surface area contributed by atoms with Crippen molar-refractivity contribution < 1.29 is 9.84 Å². The maximum absolute atomic E-state index is 10.2. The molecule has 6 rings (SSSR count). The van der Waals surface area contributed by atoms with Crippen molar-refractivity contribution >= 4 is 40.8 Å². The number of nitrogen functional groups attached to an aromatic ring is 1. The maximum atomic E-state index is 10.2. The van der Waals surface area contributed by atoms with Gasteiger partial charge in [0, 0.05) is 62.2 Å². The fourth-order valence-electron chi connectivity index (χ4n) is 5.31. The highest BCUT2D eigenvalue weighted by Crippen LogP contribution is 2.46. The predicted molar refractivity (Wildman–Crippen MR) is 148 cm³/mol. The first-order chi connectivity index (χ1) is 18.1. The highest BCUT2D eigenvalue weighted by molar-refractivity contribution is 7.99. The molecule has 0 aromatic carbocycles. The van der Waals surface area contributed by atoms with E-state index in [0.717, 1.165) is 48.1 Å². The highest BCUT2D eigenvalue weighted by Gasteiger charge is 2.49. The van der Waals surface area contributed by atoms with Gasteiger partial charge in [-0.15, -0.1) is 0 Å². The Kier molecular flexibility index (Phi) is 6.29. The minimum absolute atomic E-state index is 0.179. The van der Waals surface area contributed by atoms with Crippen LogP contribution >= 0.6 is 23.4 Å². The molecule has 0 bridgehead atoms. The lowest BCUT2D eigenvalue weighted by atomic mass is 9.84. The molecule has 1 spiro atoms. The quantitative estimate of drug-likeness (QED) is 0.428. The minimum Gasteiger partial charge on any atom is -0.483 e. The Labute approximate surface area is 230 Å². The third-order valence-corrected chi connectivity index (χ3v) is 9.43. The molecule has 6 heterocycles. The van der Waals surface area contributed by atoms with Crippen molar-refractivity contribution in [3.05, 3.63) is 47.5 Å². The Morgan fingerprint density at radius 3 is 2.58 bits per heavy atom. The predicted octanol–water partition coefficient (Wildman–Crippen LogP) is 3.29. The van der Waals surface area contributed by atoms with Gasteiger partial charge in [0.1, 0.15) is 33.7 Å². The Balaban J connectivity index is 1.12. The molecule has 10 nitrogen and oxygen atoms in total. The first kappa shape index (κ1) is 25.4. The SMILES string of the molecule is CC(C)(O)C1CN(c2nccc(Sc3ncc(N4CCC5(CC4)Oc4cccnc4[C@H]5N)nc3N)c2Cl)C1. The molecule has 1 atom stereocenters. The zero-order valence-electron chi connectivity index (χ0n) is 21.3. The van der Waals surface area contributed by atoms with Crippen molar-refractivity contribution in [1.82, 2.24) is 19.9 Å². The fourth-order valence-corrected chi connectivity index (χ4v) is 6.43. The molecular formula is C26H31ClN8O2S. The van der Waals surface area contributed by atoms with Gasteiger partial charge in [-0.3, -0.25) is 4.98 Å². The molecule has 3 aromatic heterocycles. The van der Waals surface area contributed by atoms with Crippen LogP contribution in [0.2, 0.25) is 5.02 Å². The molecule has 2 fully saturated rings. The second kappa shape index (κ2) is 9.41. The number of ether oxygens (including phenoxy) is 1. The summed E-state index contributed by atoms with van der Waals surface area (Å²) in [7, 11) is 0. The number of nitrogens with two attached hydrogens (primary N) is 2. The average Bonchev–Trinajstić information content (AvgIpc) is 3.12. The van der Waals surface area contributed by atoms with Gasteiger partial charge in [0.25, 0.3) is 0 Å². The van der Waals surface area contributed by atoms with Crippen LogP contribution in [0.25, 0.3) is 0 Å². The number of aromatic nitrogens is 4. The van der Waals surface area contributed by atoms with Gasteiger partial charge in [-0.2, -0.15) is 0 Å². The zero-order valence-corrected chi connectivity index (χ0v) is 22.9. The van der Waals surface area contributed by atoms with E-state index in [1.54, 1.807) is 18.6 Å². The normalized spacial score (nSPS) is 20.8. The molecule has 3 aromatic rings. The molecule has 5 N–H and O–H groups in total. The summed E-state index contributed by atoms with van der Waals surface area (Å²) in [6, 6.07) is 5.40. The summed E-state index contributed by atoms with van der Waals surface area (Å²) in [4.78, 5) is 23.2. The second-order valence-corrected chi connectivity index (χ2v) is 12.1. The number of hydrogen-bond acceptors (Lipinski definition) is 11. The Morgan fingerprint density at radius 1 is 1.13 bits per heavy atom. The van der Waals surface area contributed by atoms with Gasteiger partial charge in [0.2, 0.25) is 0 Å². The van der Waals surface area contributed by atoms with Gasteiger partial charge >= 0.3 is 0 Å². The molecule has 2 saturated heterocycles. The number of pyridine rings is 2. The van der Waals surface area contributed by atoms with Crippen molar-refractivity contribution in [3.63, 3.8) is 0 Å². The van der Waals surface area contributed by atoms with Crippen molar-refractivity contribution in [1.29, 1.82) is 0 Å². The molecule has 3 aliphatic heterocycles. The molecule has 0 unspecified atom stereocenters. The van der Waals surface area contributed by atoms with E-state index in [9.17, 15) is 5.11 Å². The van der Waals surface area contributed by atoms with Gasteiger partial charge in [0.15, 0.2) is 5.82 Å². The van der Waals surface area contributed by atoms with E-state index in [1.165, 1.54) is 11.8 Å². The van der Waals surface area contributed by atoms with E-state index in [0.29, 0.717) is 34.8 Å². The summed E-state index contributed by atoms with van der Waals surface area (Å²) < 4.78 is 6.30. The van der Waals surface area contributed by atoms with Gasteiger partial charge in [-0.05, 0) is 32.0 Å². The lowest BCUT2D eigenvalue weighted by molar-refractivity contribution is 0.00438. The summed E-state index contributed by atoms with van der Waals surface area (Å²) in [5, 5.41) is 11.4. The molecule has 38 heavy (non-hydrogen) atoms. The molecule has 200 valence electrons. The lowest BCUT2D eigenvalue weighted by Gasteiger charge is -2.46. The number of nitrogens with zero attached hydrogens (tertiary/aromatic N) is 6. The number of halogens is 1. The summed E-state index contributed by atoms with van der Waals surface area (Å²) in [6.07, 6.45) is 6.74. The standard InChI is InChI=1S/C26H31ClN8O2S/c1-25(2,36)15-13-35(14-15)23-19(27)17(5-9-31-23)38-24-22(29)33-18(12-32-24)34-10-6-26(7-11-34)21(28)20-16(37-26)4-3-8-30-20/h3-5,8-9,12,15,21,36H,6-7,10-11,13-14,28H2,1-2H3,(H2,29,33)/t21-/m1/s1. The van der Waals surface area contributed by atoms with Gasteiger partial charge in [0.05, 0.1) is 22.9 Å². The van der Waals surface area contributed by atoms with Crippen molar-refractivity contribution in [3.8, 4) is 5.75 Å². The zero-order chi connectivity index (χ0) is 26.7. The fraction of sp³-hybridized carbons (Fsp3) is 0.462. The molecule has 12 heteroatoms. The van der Waals surface area contributed by atoms with Crippen molar-refractivity contribution in [2.45, 2.75) is 53.9 Å². The monoisotopic (exact) mass is 554 g/mol. The highest BCUT2D eigenvalue weighted by atomic mass is 35.5. The average molecular weight is 555 g/mol. The Hall–Kier alpha value is -2.86. The van der Waals surface area contributed by atoms with Crippen LogP contribution in [0.15, 0.2) is 46.7 Å². The molecule has 0 radical (unpaired) electrons. The van der Waals surface area contributed by atoms with Crippen LogP contribution in [0.4, 0.5) is 17.5 Å². The number of rotatable bonds is 5. The van der Waals surface area contributed by atoms with E-state index in [4.69, 9.17) is 27.8 Å². The van der Waals surface area contributed by atoms with Crippen molar-refractivity contribution in [2.24, 2.45) is 11.7 Å². The number of hydrogen-bond donors (Lipinski definition) is 3. The van der Waals surface area contributed by atoms with E-state index in [1.807, 2.05) is 32.0 Å². The van der Waals surface area contributed by atoms with Crippen LogP contribution in [0.5, 0.6) is 5.75 Å². The molecule has 0 amide bonds. The first-order valence-electron chi connectivity index (χ1n) is 12.7. The number of aliphatic hydroxyl groups is 1. The molecule has 0 saturated carbocycles.